The molecule has 170 valence electrons. The number of benzene rings is 3. The van der Waals surface area contributed by atoms with Crippen molar-refractivity contribution in [1.82, 2.24) is 0 Å². The summed E-state index contributed by atoms with van der Waals surface area (Å²) in [5.41, 5.74) is -0.607. The largest absolute Gasteiger partial charge is 0.508 e. The molecule has 11 nitrogen and oxygen atoms in total. The molecule has 0 atom stereocenters. The fourth-order valence-corrected chi connectivity index (χ4v) is 2.68. The number of phenols is 4. The summed E-state index contributed by atoms with van der Waals surface area (Å²) in [5, 5.41) is 39.3. The van der Waals surface area contributed by atoms with Crippen LogP contribution in [0.5, 0.6) is 46.0 Å². The molecule has 0 fully saturated rings. The van der Waals surface area contributed by atoms with Gasteiger partial charge in [0, 0.05) is 29.8 Å². The van der Waals surface area contributed by atoms with Gasteiger partial charge in [-0.15, -0.1) is 0 Å². The van der Waals surface area contributed by atoms with Gasteiger partial charge in [-0.25, -0.2) is 4.79 Å². The first-order chi connectivity index (χ1) is 15.8. The van der Waals surface area contributed by atoms with Gasteiger partial charge in [0.25, 0.3) is 0 Å². The standard InChI is InChI=1S/C22H16O11/c1-30-19-4-11(9-23)5-20(21(19)28)33-32-18-8-13(26)7-17(15(18)10-24)31-22(29)14-3-2-12(25)6-16(14)27/h2-10,25-28H,1H3. The lowest BCUT2D eigenvalue weighted by Crippen LogP contribution is -2.11. The van der Waals surface area contributed by atoms with Crippen LogP contribution in [-0.4, -0.2) is 46.1 Å². The molecule has 0 aliphatic rings. The van der Waals surface area contributed by atoms with E-state index in [1.165, 1.54) is 13.2 Å². The Morgan fingerprint density at radius 3 is 2.09 bits per heavy atom. The molecule has 3 aromatic rings. The number of phenolic OH excluding ortho intramolecular Hbond substituents is 4. The number of methoxy groups -OCH3 is 1. The van der Waals surface area contributed by atoms with Crippen LogP contribution in [0.4, 0.5) is 0 Å². The quantitative estimate of drug-likeness (QED) is 0.129. The highest BCUT2D eigenvalue weighted by Gasteiger charge is 2.21. The van der Waals surface area contributed by atoms with Gasteiger partial charge in [-0.05, 0) is 18.2 Å². The van der Waals surface area contributed by atoms with Gasteiger partial charge >= 0.3 is 5.97 Å². The highest BCUT2D eigenvalue weighted by atomic mass is 17.2. The van der Waals surface area contributed by atoms with Crippen LogP contribution in [0.15, 0.2) is 42.5 Å². The van der Waals surface area contributed by atoms with Crippen LogP contribution in [0, 0.1) is 0 Å². The maximum absolute atomic E-state index is 12.4. The summed E-state index contributed by atoms with van der Waals surface area (Å²) in [4.78, 5) is 45.2. The highest BCUT2D eigenvalue weighted by molar-refractivity contribution is 5.96. The van der Waals surface area contributed by atoms with Crippen LogP contribution >= 0.6 is 0 Å². The zero-order valence-electron chi connectivity index (χ0n) is 16.8. The third-order valence-corrected chi connectivity index (χ3v) is 4.25. The summed E-state index contributed by atoms with van der Waals surface area (Å²) >= 11 is 0. The molecule has 11 heteroatoms. The Labute approximate surface area is 185 Å². The predicted molar refractivity (Wildman–Crippen MR) is 110 cm³/mol. The van der Waals surface area contributed by atoms with Gasteiger partial charge in [-0.3, -0.25) is 19.4 Å². The van der Waals surface area contributed by atoms with Crippen LogP contribution < -0.4 is 19.2 Å². The Morgan fingerprint density at radius 2 is 1.45 bits per heavy atom. The molecule has 0 saturated heterocycles. The Balaban J connectivity index is 1.91. The average molecular weight is 456 g/mol. The molecule has 0 spiro atoms. The lowest BCUT2D eigenvalue weighted by Gasteiger charge is -2.14. The van der Waals surface area contributed by atoms with E-state index in [2.05, 4.69) is 0 Å². The molecule has 3 rings (SSSR count). The van der Waals surface area contributed by atoms with Crippen LogP contribution in [0.3, 0.4) is 0 Å². The van der Waals surface area contributed by atoms with Gasteiger partial charge in [0.05, 0.1) is 7.11 Å². The number of hydrogen-bond acceptors (Lipinski definition) is 11. The van der Waals surface area contributed by atoms with Crippen molar-refractivity contribution in [3.63, 3.8) is 0 Å². The van der Waals surface area contributed by atoms with Crippen molar-refractivity contribution in [2.45, 2.75) is 0 Å². The van der Waals surface area contributed by atoms with E-state index in [-0.39, 0.29) is 40.2 Å². The van der Waals surface area contributed by atoms with E-state index in [9.17, 15) is 34.8 Å². The number of carbonyl (C=O) groups excluding carboxylic acids is 3. The summed E-state index contributed by atoms with van der Waals surface area (Å²) in [6, 6.07) is 7.43. The molecular weight excluding hydrogens is 440 g/mol. The fourth-order valence-electron chi connectivity index (χ4n) is 2.68. The smallest absolute Gasteiger partial charge is 0.347 e. The average Bonchev–Trinajstić information content (AvgIpc) is 2.78. The van der Waals surface area contributed by atoms with E-state index in [1.54, 1.807) is 0 Å². The molecule has 3 aromatic carbocycles. The maximum atomic E-state index is 12.4. The number of aromatic hydroxyl groups is 4. The van der Waals surface area contributed by atoms with Crippen LogP contribution in [-0.2, 0) is 0 Å². The Kier molecular flexibility index (Phi) is 6.53. The molecule has 0 amide bonds. The first-order valence-corrected chi connectivity index (χ1v) is 9.04. The molecule has 33 heavy (non-hydrogen) atoms. The van der Waals surface area contributed by atoms with Gasteiger partial charge in [-0.1, -0.05) is 0 Å². The number of rotatable bonds is 8. The SMILES string of the molecule is COc1cc(C=O)cc(OOc2cc(O)cc(OC(=O)c3ccc(O)cc3O)c2C=O)c1O. The molecule has 0 aliphatic heterocycles. The van der Waals surface area contributed by atoms with Crippen molar-refractivity contribution in [3.8, 4) is 46.0 Å². The van der Waals surface area contributed by atoms with E-state index >= 15 is 0 Å². The summed E-state index contributed by atoms with van der Waals surface area (Å²) in [7, 11) is 1.25. The number of aldehydes is 2. The van der Waals surface area contributed by atoms with Crippen molar-refractivity contribution in [1.29, 1.82) is 0 Å². The lowest BCUT2D eigenvalue weighted by molar-refractivity contribution is -0.102. The van der Waals surface area contributed by atoms with Gasteiger partial charge < -0.3 is 29.9 Å². The molecule has 0 aliphatic carbocycles. The third-order valence-electron chi connectivity index (χ3n) is 4.25. The molecule has 0 aromatic heterocycles. The molecular formula is C22H16O11. The highest BCUT2D eigenvalue weighted by Crippen LogP contribution is 2.39. The summed E-state index contributed by atoms with van der Waals surface area (Å²) in [6.07, 6.45) is 0.718. The van der Waals surface area contributed by atoms with Gasteiger partial charge in [-0.2, -0.15) is 0 Å². The zero-order chi connectivity index (χ0) is 24.1. The summed E-state index contributed by atoms with van der Waals surface area (Å²) < 4.78 is 10.0. The van der Waals surface area contributed by atoms with Crippen molar-refractivity contribution < 1.29 is 54.1 Å². The second kappa shape index (κ2) is 9.47. The maximum Gasteiger partial charge on any atom is 0.347 e. The minimum atomic E-state index is -1.10. The summed E-state index contributed by atoms with van der Waals surface area (Å²) in [5.74, 6) is -4.24. The second-order valence-electron chi connectivity index (χ2n) is 6.42. The number of carbonyl (C=O) groups is 3. The van der Waals surface area contributed by atoms with Crippen LogP contribution in [0.1, 0.15) is 31.1 Å². The second-order valence-corrected chi connectivity index (χ2v) is 6.42. The number of hydrogen-bond donors (Lipinski definition) is 4. The van der Waals surface area contributed by atoms with Crippen LogP contribution in [0.25, 0.3) is 0 Å². The van der Waals surface area contributed by atoms with E-state index in [4.69, 9.17) is 19.2 Å². The Hall–Kier alpha value is -4.93. The molecule has 0 bridgehead atoms. The molecule has 0 unspecified atom stereocenters. The zero-order valence-corrected chi connectivity index (χ0v) is 16.8. The Bertz CT molecular complexity index is 1230. The molecule has 0 radical (unpaired) electrons. The normalized spacial score (nSPS) is 10.2. The van der Waals surface area contributed by atoms with Crippen molar-refractivity contribution in [3.05, 3.63) is 59.2 Å². The number of ether oxygens (including phenoxy) is 2. The van der Waals surface area contributed by atoms with E-state index in [1.807, 2.05) is 0 Å². The minimum Gasteiger partial charge on any atom is -0.508 e. The molecule has 4 N–H and O–H groups in total. The predicted octanol–water partition coefficient (Wildman–Crippen LogP) is 2.73. The van der Waals surface area contributed by atoms with Crippen molar-refractivity contribution in [2.75, 3.05) is 7.11 Å². The first kappa shape index (κ1) is 22.7. The van der Waals surface area contributed by atoms with Gasteiger partial charge in [0.2, 0.25) is 11.5 Å². The summed E-state index contributed by atoms with van der Waals surface area (Å²) in [6.45, 7) is 0. The Morgan fingerprint density at radius 1 is 0.788 bits per heavy atom. The van der Waals surface area contributed by atoms with Crippen molar-refractivity contribution >= 4 is 18.5 Å². The molecule has 0 heterocycles. The van der Waals surface area contributed by atoms with Gasteiger partial charge in [0.15, 0.2) is 17.8 Å². The van der Waals surface area contributed by atoms with Crippen LogP contribution in [0.2, 0.25) is 0 Å². The van der Waals surface area contributed by atoms with E-state index in [0.717, 1.165) is 36.4 Å². The fraction of sp³-hybridized carbons (Fsp3) is 0.0455. The first-order valence-electron chi connectivity index (χ1n) is 9.04. The van der Waals surface area contributed by atoms with Crippen molar-refractivity contribution in [2.24, 2.45) is 0 Å². The van der Waals surface area contributed by atoms with Gasteiger partial charge in [0.1, 0.15) is 40.4 Å². The minimum absolute atomic E-state index is 0.0816. The lowest BCUT2D eigenvalue weighted by atomic mass is 10.1. The number of esters is 1. The topological polar surface area (TPSA) is 169 Å². The third kappa shape index (κ3) is 4.88. The monoisotopic (exact) mass is 456 g/mol. The van der Waals surface area contributed by atoms with E-state index < -0.39 is 34.7 Å². The van der Waals surface area contributed by atoms with E-state index in [0.29, 0.717) is 6.29 Å². The molecule has 0 saturated carbocycles.